The molecule has 144 valence electrons. The molecule has 4 rings (SSSR count). The van der Waals surface area contributed by atoms with Gasteiger partial charge in [-0.15, -0.1) is 0 Å². The molecule has 6 nitrogen and oxygen atoms in total. The molecule has 3 saturated heterocycles. The second-order valence-corrected chi connectivity index (χ2v) is 8.83. The van der Waals surface area contributed by atoms with E-state index in [1.807, 2.05) is 4.90 Å². The van der Waals surface area contributed by atoms with Gasteiger partial charge in [-0.25, -0.2) is 0 Å². The third kappa shape index (κ3) is 3.89. The summed E-state index contributed by atoms with van der Waals surface area (Å²) in [6, 6.07) is 0. The van der Waals surface area contributed by atoms with E-state index in [-0.39, 0.29) is 23.8 Å². The van der Waals surface area contributed by atoms with Gasteiger partial charge in [-0.05, 0) is 56.3 Å². The maximum Gasteiger partial charge on any atom is 0.242 e. The van der Waals surface area contributed by atoms with Gasteiger partial charge < -0.3 is 14.7 Å². The molecule has 0 aromatic carbocycles. The molecule has 0 N–H and O–H groups in total. The van der Waals surface area contributed by atoms with Crippen molar-refractivity contribution in [1.82, 2.24) is 14.7 Å². The van der Waals surface area contributed by atoms with Gasteiger partial charge >= 0.3 is 0 Å². The Morgan fingerprint density at radius 2 is 1.58 bits per heavy atom. The van der Waals surface area contributed by atoms with Crippen molar-refractivity contribution in [2.24, 2.45) is 11.3 Å². The van der Waals surface area contributed by atoms with Crippen molar-refractivity contribution >= 4 is 17.7 Å². The van der Waals surface area contributed by atoms with Crippen molar-refractivity contribution in [3.63, 3.8) is 0 Å². The van der Waals surface area contributed by atoms with E-state index in [9.17, 15) is 14.4 Å². The SMILES string of the molecule is O=C(CN1CCCC1=O)N1CCC2(CCC(=O)N(CC3CC3)CC2)CC1. The van der Waals surface area contributed by atoms with Crippen LogP contribution in [-0.2, 0) is 14.4 Å². The smallest absolute Gasteiger partial charge is 0.242 e. The zero-order valence-corrected chi connectivity index (χ0v) is 15.8. The number of amides is 3. The third-order valence-corrected chi connectivity index (χ3v) is 6.98. The van der Waals surface area contributed by atoms with Gasteiger partial charge in [0.15, 0.2) is 0 Å². The number of carbonyl (C=O) groups is 3. The van der Waals surface area contributed by atoms with Crippen molar-refractivity contribution in [3.8, 4) is 0 Å². The fraction of sp³-hybridized carbons (Fsp3) is 0.850. The van der Waals surface area contributed by atoms with Crippen molar-refractivity contribution < 1.29 is 14.4 Å². The maximum absolute atomic E-state index is 12.5. The highest BCUT2D eigenvalue weighted by Gasteiger charge is 2.40. The minimum atomic E-state index is 0.0927. The molecule has 3 aliphatic heterocycles. The van der Waals surface area contributed by atoms with Crippen LogP contribution in [0.2, 0.25) is 0 Å². The van der Waals surface area contributed by atoms with Crippen LogP contribution >= 0.6 is 0 Å². The van der Waals surface area contributed by atoms with Gasteiger partial charge in [0.25, 0.3) is 0 Å². The molecule has 0 aromatic heterocycles. The lowest BCUT2D eigenvalue weighted by atomic mass is 9.73. The lowest BCUT2D eigenvalue weighted by Gasteiger charge is -2.41. The van der Waals surface area contributed by atoms with Crippen LogP contribution in [-0.4, -0.2) is 71.7 Å². The van der Waals surface area contributed by atoms with Gasteiger partial charge in [0.2, 0.25) is 17.7 Å². The molecule has 3 amide bonds. The molecule has 0 radical (unpaired) electrons. The summed E-state index contributed by atoms with van der Waals surface area (Å²) in [6.45, 7) is 4.38. The van der Waals surface area contributed by atoms with Crippen LogP contribution in [0.25, 0.3) is 0 Å². The zero-order chi connectivity index (χ0) is 18.1. The van der Waals surface area contributed by atoms with E-state index in [0.29, 0.717) is 18.7 Å². The summed E-state index contributed by atoms with van der Waals surface area (Å²) in [6.07, 6.45) is 8.74. The Hall–Kier alpha value is -1.59. The van der Waals surface area contributed by atoms with Crippen molar-refractivity contribution in [1.29, 1.82) is 0 Å². The molecular weight excluding hydrogens is 330 g/mol. The normalized spacial score (nSPS) is 26.5. The first-order valence-corrected chi connectivity index (χ1v) is 10.4. The highest BCUT2D eigenvalue weighted by atomic mass is 16.2. The molecule has 1 spiro atoms. The molecule has 1 saturated carbocycles. The second kappa shape index (κ2) is 7.20. The minimum absolute atomic E-state index is 0.0927. The van der Waals surface area contributed by atoms with Gasteiger partial charge in [0.05, 0.1) is 6.54 Å². The van der Waals surface area contributed by atoms with Crippen LogP contribution in [0.1, 0.15) is 57.8 Å². The molecule has 6 heteroatoms. The Balaban J connectivity index is 1.28. The number of carbonyl (C=O) groups excluding carboxylic acids is 3. The van der Waals surface area contributed by atoms with Crippen LogP contribution in [0.4, 0.5) is 0 Å². The van der Waals surface area contributed by atoms with Gasteiger partial charge in [-0.1, -0.05) is 0 Å². The molecule has 4 fully saturated rings. The molecule has 1 aliphatic carbocycles. The molecule has 0 atom stereocenters. The lowest BCUT2D eigenvalue weighted by molar-refractivity contribution is -0.140. The van der Waals surface area contributed by atoms with Crippen LogP contribution in [0.3, 0.4) is 0 Å². The monoisotopic (exact) mass is 361 g/mol. The number of nitrogens with zero attached hydrogens (tertiary/aromatic N) is 3. The van der Waals surface area contributed by atoms with Crippen LogP contribution in [0, 0.1) is 11.3 Å². The summed E-state index contributed by atoms with van der Waals surface area (Å²) in [7, 11) is 0. The quantitative estimate of drug-likeness (QED) is 0.765. The van der Waals surface area contributed by atoms with Gasteiger partial charge in [0, 0.05) is 45.6 Å². The fourth-order valence-corrected chi connectivity index (χ4v) is 4.82. The highest BCUT2D eigenvalue weighted by Crippen LogP contribution is 2.42. The number of likely N-dealkylation sites (tertiary alicyclic amines) is 3. The average Bonchev–Trinajstić information content (AvgIpc) is 3.40. The fourth-order valence-electron chi connectivity index (χ4n) is 4.82. The first-order chi connectivity index (χ1) is 12.5. The van der Waals surface area contributed by atoms with Gasteiger partial charge in [-0.2, -0.15) is 0 Å². The molecule has 0 aromatic rings. The minimum Gasteiger partial charge on any atom is -0.342 e. The van der Waals surface area contributed by atoms with Gasteiger partial charge in [-0.3, -0.25) is 14.4 Å². The lowest BCUT2D eigenvalue weighted by Crippen LogP contribution is -2.47. The van der Waals surface area contributed by atoms with Crippen molar-refractivity contribution in [2.75, 3.05) is 39.3 Å². The molecule has 26 heavy (non-hydrogen) atoms. The number of rotatable bonds is 4. The van der Waals surface area contributed by atoms with Crippen LogP contribution in [0.5, 0.6) is 0 Å². The average molecular weight is 361 g/mol. The predicted molar refractivity (Wildman–Crippen MR) is 97.2 cm³/mol. The Labute approximate surface area is 155 Å². The predicted octanol–water partition coefficient (Wildman–Crippen LogP) is 1.64. The van der Waals surface area contributed by atoms with Gasteiger partial charge in [0.1, 0.15) is 0 Å². The maximum atomic E-state index is 12.5. The topological polar surface area (TPSA) is 60.9 Å². The highest BCUT2D eigenvalue weighted by molar-refractivity contribution is 5.86. The summed E-state index contributed by atoms with van der Waals surface area (Å²) in [5.41, 5.74) is 0.230. The Kier molecular flexibility index (Phi) is 4.93. The van der Waals surface area contributed by atoms with E-state index in [0.717, 1.165) is 70.7 Å². The molecule has 0 bridgehead atoms. The van der Waals surface area contributed by atoms with Crippen LogP contribution in [0.15, 0.2) is 0 Å². The summed E-state index contributed by atoms with van der Waals surface area (Å²) in [4.78, 5) is 42.4. The van der Waals surface area contributed by atoms with E-state index < -0.39 is 0 Å². The Morgan fingerprint density at radius 1 is 0.885 bits per heavy atom. The van der Waals surface area contributed by atoms with Crippen molar-refractivity contribution in [2.45, 2.75) is 57.8 Å². The zero-order valence-electron chi connectivity index (χ0n) is 15.8. The summed E-state index contributed by atoms with van der Waals surface area (Å²) < 4.78 is 0. The van der Waals surface area contributed by atoms with E-state index >= 15 is 0 Å². The largest absolute Gasteiger partial charge is 0.342 e. The molecule has 3 heterocycles. The van der Waals surface area contributed by atoms with E-state index in [2.05, 4.69) is 4.90 Å². The van der Waals surface area contributed by atoms with Crippen LogP contribution < -0.4 is 0 Å². The number of hydrogen-bond acceptors (Lipinski definition) is 3. The van der Waals surface area contributed by atoms with E-state index in [1.54, 1.807) is 4.90 Å². The second-order valence-electron chi connectivity index (χ2n) is 8.83. The molecule has 0 unspecified atom stereocenters. The first kappa shape index (κ1) is 17.8. The molecular formula is C20H31N3O3. The van der Waals surface area contributed by atoms with Crippen molar-refractivity contribution in [3.05, 3.63) is 0 Å². The summed E-state index contributed by atoms with van der Waals surface area (Å²) in [5, 5.41) is 0. The summed E-state index contributed by atoms with van der Waals surface area (Å²) >= 11 is 0. The van der Waals surface area contributed by atoms with E-state index in [1.165, 1.54) is 12.8 Å². The Morgan fingerprint density at radius 3 is 2.23 bits per heavy atom. The standard InChI is InChI=1S/C20H31N3O3/c24-17-2-1-10-22(17)15-19(26)21-11-7-20(8-12-21)6-5-18(25)23(13-9-20)14-16-3-4-16/h16H,1-15H2. The third-order valence-electron chi connectivity index (χ3n) is 6.98. The number of hydrogen-bond donors (Lipinski definition) is 0. The first-order valence-electron chi connectivity index (χ1n) is 10.4. The Bertz CT molecular complexity index is 579. The summed E-state index contributed by atoms with van der Waals surface area (Å²) in [5.74, 6) is 1.29. The number of piperidine rings is 1. The van der Waals surface area contributed by atoms with E-state index in [4.69, 9.17) is 0 Å². The molecule has 4 aliphatic rings.